The van der Waals surface area contributed by atoms with Crippen LogP contribution in [0.25, 0.3) is 5.57 Å². The normalized spacial score (nSPS) is 24.4. The molecule has 4 bridgehead atoms. The third kappa shape index (κ3) is 9.26. The average molecular weight is 752 g/mol. The molecule has 0 radical (unpaired) electrons. The standard InChI is InChI=1S/C34H47BrN4O8S/c1-6-8-11-28-31(41)39-19-26(47-20-23-15-24(17-25(35)16-23)21(3)10-9-14-46-33(43)36-28)18-29(39)30(40)37-34(5,22(4)7-2)32(42)38-48(44,45)27-12-13-27/h7,15-17,22,26-29H,2-3,6,8-14,18-20H2,1,4-5H3,(H,36,43)(H,37,40)(H,38,42)/t22-,26+,28-,29-,34+/m0/s1. The summed E-state index contributed by atoms with van der Waals surface area (Å²) in [6, 6.07) is 3.81. The lowest BCUT2D eigenvalue weighted by molar-refractivity contribution is -0.142. The molecular formula is C34H47BrN4O8S. The van der Waals surface area contributed by atoms with Crippen molar-refractivity contribution in [3.05, 3.63) is 53.0 Å². The second-order valence-electron chi connectivity index (χ2n) is 13.1. The molecule has 3 N–H and O–H groups in total. The van der Waals surface area contributed by atoms with Crippen LogP contribution in [0.5, 0.6) is 0 Å². The smallest absolute Gasteiger partial charge is 0.407 e. The van der Waals surface area contributed by atoms with E-state index in [9.17, 15) is 27.6 Å². The van der Waals surface area contributed by atoms with E-state index in [0.717, 1.165) is 27.6 Å². The first-order valence-electron chi connectivity index (χ1n) is 16.5. The summed E-state index contributed by atoms with van der Waals surface area (Å²) in [7, 11) is -3.91. The molecule has 0 spiro atoms. The fraction of sp³-hybridized carbons (Fsp3) is 0.588. The van der Waals surface area contributed by atoms with Crippen LogP contribution in [-0.2, 0) is 40.5 Å². The van der Waals surface area contributed by atoms with Gasteiger partial charge in [-0.15, -0.1) is 6.58 Å². The van der Waals surface area contributed by atoms with Gasteiger partial charge in [0.25, 0.3) is 5.91 Å². The minimum atomic E-state index is -3.91. The molecule has 12 nitrogen and oxygen atoms in total. The maximum atomic E-state index is 14.1. The maximum Gasteiger partial charge on any atom is 0.407 e. The number of amides is 4. The number of rotatable bonds is 10. The second kappa shape index (κ2) is 16.0. The summed E-state index contributed by atoms with van der Waals surface area (Å²) in [5.74, 6) is -2.70. The van der Waals surface area contributed by atoms with Gasteiger partial charge in [0, 0.05) is 23.4 Å². The number of carbonyl (C=O) groups excluding carboxylic acids is 4. The summed E-state index contributed by atoms with van der Waals surface area (Å²) in [6.07, 6.45) is 4.05. The summed E-state index contributed by atoms with van der Waals surface area (Å²) in [4.78, 5) is 56.0. The molecule has 5 atom stereocenters. The lowest BCUT2D eigenvalue weighted by atomic mass is 9.85. The minimum absolute atomic E-state index is 0.0554. The number of allylic oxidation sites excluding steroid dienone is 1. The van der Waals surface area contributed by atoms with Crippen LogP contribution >= 0.6 is 15.9 Å². The number of fused-ring (bicyclic) bond motifs is 4. The largest absolute Gasteiger partial charge is 0.450 e. The highest BCUT2D eigenvalue weighted by molar-refractivity contribution is 9.10. The molecule has 1 saturated carbocycles. The van der Waals surface area contributed by atoms with Crippen LogP contribution in [0.3, 0.4) is 0 Å². The lowest BCUT2D eigenvalue weighted by Crippen LogP contribution is -2.64. The predicted octanol–water partition coefficient (Wildman–Crippen LogP) is 4.33. The van der Waals surface area contributed by atoms with Crippen molar-refractivity contribution in [2.75, 3.05) is 13.2 Å². The van der Waals surface area contributed by atoms with Gasteiger partial charge in [0.15, 0.2) is 0 Å². The van der Waals surface area contributed by atoms with Crippen LogP contribution in [0.15, 0.2) is 41.9 Å². The molecule has 2 fully saturated rings. The number of alkyl carbamates (subject to hydrolysis) is 1. The number of hydrogen-bond donors (Lipinski definition) is 3. The summed E-state index contributed by atoms with van der Waals surface area (Å²) in [6.45, 7) is 13.4. The molecule has 0 unspecified atom stereocenters. The van der Waals surface area contributed by atoms with Gasteiger partial charge in [0.05, 0.1) is 24.6 Å². The molecule has 2 heterocycles. The van der Waals surface area contributed by atoms with Crippen LogP contribution in [0.4, 0.5) is 4.79 Å². The molecule has 48 heavy (non-hydrogen) atoms. The van der Waals surface area contributed by atoms with Gasteiger partial charge in [-0.25, -0.2) is 13.2 Å². The highest BCUT2D eigenvalue weighted by atomic mass is 79.9. The van der Waals surface area contributed by atoms with Crippen molar-refractivity contribution >= 4 is 55.3 Å². The van der Waals surface area contributed by atoms with E-state index >= 15 is 0 Å². The number of unbranched alkanes of at least 4 members (excludes halogenated alkanes) is 1. The molecule has 4 rings (SSSR count). The van der Waals surface area contributed by atoms with Gasteiger partial charge in [-0.05, 0) is 73.9 Å². The Kier molecular flexibility index (Phi) is 12.5. The fourth-order valence-corrected chi connectivity index (χ4v) is 7.79. The monoisotopic (exact) mass is 750 g/mol. The number of sulfonamides is 1. The fourth-order valence-electron chi connectivity index (χ4n) is 5.86. The average Bonchev–Trinajstić information content (AvgIpc) is 3.82. The predicted molar refractivity (Wildman–Crippen MR) is 185 cm³/mol. The number of carbonyl (C=O) groups is 4. The first-order valence-corrected chi connectivity index (χ1v) is 18.9. The maximum absolute atomic E-state index is 14.1. The Bertz CT molecular complexity index is 1530. The molecule has 1 aromatic rings. The molecular weight excluding hydrogens is 704 g/mol. The lowest BCUT2D eigenvalue weighted by Gasteiger charge is -2.36. The zero-order chi connectivity index (χ0) is 35.2. The molecule has 1 saturated heterocycles. The molecule has 1 aliphatic carbocycles. The van der Waals surface area contributed by atoms with E-state index in [1.807, 2.05) is 25.1 Å². The number of nitrogens with one attached hydrogen (secondary N) is 3. The number of ether oxygens (including phenoxy) is 2. The molecule has 4 amide bonds. The molecule has 264 valence electrons. The van der Waals surface area contributed by atoms with Crippen LogP contribution in [0.1, 0.15) is 83.3 Å². The quantitative estimate of drug-likeness (QED) is 0.298. The van der Waals surface area contributed by atoms with Crippen LogP contribution < -0.4 is 15.4 Å². The van der Waals surface area contributed by atoms with Crippen LogP contribution in [-0.4, -0.2) is 79.3 Å². The summed E-state index contributed by atoms with van der Waals surface area (Å²) >= 11 is 3.56. The highest BCUT2D eigenvalue weighted by Gasteiger charge is 2.48. The molecule has 0 aromatic heterocycles. The highest BCUT2D eigenvalue weighted by Crippen LogP contribution is 2.30. The third-order valence-corrected chi connectivity index (χ3v) is 11.6. The zero-order valence-corrected chi connectivity index (χ0v) is 30.3. The van der Waals surface area contributed by atoms with E-state index in [1.165, 1.54) is 17.9 Å². The minimum Gasteiger partial charge on any atom is -0.450 e. The Labute approximate surface area is 291 Å². The van der Waals surface area contributed by atoms with Gasteiger partial charge < -0.3 is 25.0 Å². The van der Waals surface area contributed by atoms with Crippen molar-refractivity contribution in [2.24, 2.45) is 5.92 Å². The Morgan fingerprint density at radius 1 is 1.25 bits per heavy atom. The Hall–Kier alpha value is -3.23. The first kappa shape index (κ1) is 37.6. The Balaban J connectivity index is 1.65. The summed E-state index contributed by atoms with van der Waals surface area (Å²) < 4.78 is 40.0. The second-order valence-corrected chi connectivity index (χ2v) is 16.0. The van der Waals surface area contributed by atoms with Gasteiger partial charge in [0.1, 0.15) is 17.6 Å². The van der Waals surface area contributed by atoms with Crippen molar-refractivity contribution in [2.45, 2.75) is 108 Å². The van der Waals surface area contributed by atoms with Crippen molar-refractivity contribution in [1.29, 1.82) is 0 Å². The van der Waals surface area contributed by atoms with E-state index in [2.05, 4.69) is 44.4 Å². The van der Waals surface area contributed by atoms with Crippen molar-refractivity contribution in [3.63, 3.8) is 0 Å². The topological polar surface area (TPSA) is 160 Å². The van der Waals surface area contributed by atoms with E-state index in [4.69, 9.17) is 9.47 Å². The van der Waals surface area contributed by atoms with Gasteiger partial charge in [-0.1, -0.05) is 55.3 Å². The molecule has 3 aliphatic rings. The first-order chi connectivity index (χ1) is 22.7. The molecule has 14 heteroatoms. The number of benzene rings is 1. The zero-order valence-electron chi connectivity index (χ0n) is 27.9. The van der Waals surface area contributed by atoms with Crippen LogP contribution in [0, 0.1) is 5.92 Å². The summed E-state index contributed by atoms with van der Waals surface area (Å²) in [5.41, 5.74) is 0.942. The SMILES string of the molecule is C=C[C@H](C)[C@@](C)(NC(=O)[C@@H]1C[C@@H]2CN1C(=O)[C@H](CCCC)NC(=O)OCCCC(=C)c1cc(Br)cc(c1)CO2)C(=O)NS(=O)(=O)C1CC1. The van der Waals surface area contributed by atoms with E-state index in [1.54, 1.807) is 6.92 Å². The third-order valence-electron chi connectivity index (χ3n) is 9.31. The van der Waals surface area contributed by atoms with Gasteiger partial charge in [-0.2, -0.15) is 0 Å². The number of nitrogens with zero attached hydrogens (tertiary/aromatic N) is 1. The van der Waals surface area contributed by atoms with Crippen molar-refractivity contribution in [3.8, 4) is 0 Å². The Morgan fingerprint density at radius 2 is 1.98 bits per heavy atom. The van der Waals surface area contributed by atoms with Crippen LogP contribution in [0.2, 0.25) is 0 Å². The number of cyclic esters (lactones) is 1. The van der Waals surface area contributed by atoms with Gasteiger partial charge >= 0.3 is 6.09 Å². The number of hydrogen-bond acceptors (Lipinski definition) is 8. The van der Waals surface area contributed by atoms with Crippen molar-refractivity contribution < 1.29 is 37.1 Å². The molecule has 1 aromatic carbocycles. The summed E-state index contributed by atoms with van der Waals surface area (Å²) in [5, 5.41) is 4.82. The molecule has 2 aliphatic heterocycles. The van der Waals surface area contributed by atoms with E-state index in [-0.39, 0.29) is 26.2 Å². The Morgan fingerprint density at radius 3 is 2.65 bits per heavy atom. The number of halogens is 1. The van der Waals surface area contributed by atoms with E-state index in [0.29, 0.717) is 38.5 Å². The van der Waals surface area contributed by atoms with E-state index < -0.39 is 68.7 Å². The van der Waals surface area contributed by atoms with Gasteiger partial charge in [0.2, 0.25) is 21.8 Å². The van der Waals surface area contributed by atoms with Gasteiger partial charge in [-0.3, -0.25) is 19.1 Å². The van der Waals surface area contributed by atoms with Crippen molar-refractivity contribution in [1.82, 2.24) is 20.3 Å².